The van der Waals surface area contributed by atoms with Crippen molar-refractivity contribution in [3.63, 3.8) is 0 Å². The third-order valence-corrected chi connectivity index (χ3v) is 20.6. The third-order valence-electron chi connectivity index (χ3n) is 18.7. The van der Waals surface area contributed by atoms with Gasteiger partial charge in [0.1, 0.15) is 19.3 Å². The number of phosphoric ester groups is 2. The minimum Gasteiger partial charge on any atom is -0.462 e. The third kappa shape index (κ3) is 71.1. The minimum absolute atomic E-state index is 0.105. The van der Waals surface area contributed by atoms with Crippen molar-refractivity contribution in [1.82, 2.24) is 0 Å². The minimum atomic E-state index is -4.96. The summed E-state index contributed by atoms with van der Waals surface area (Å²) in [5.41, 5.74) is 0. The van der Waals surface area contributed by atoms with E-state index in [0.29, 0.717) is 25.7 Å². The van der Waals surface area contributed by atoms with E-state index in [4.69, 9.17) is 37.0 Å². The molecule has 0 bridgehead atoms. The Labute approximate surface area is 600 Å². The van der Waals surface area contributed by atoms with E-state index in [1.165, 1.54) is 218 Å². The van der Waals surface area contributed by atoms with Gasteiger partial charge in [0.2, 0.25) is 0 Å². The predicted molar refractivity (Wildman–Crippen MR) is 400 cm³/mol. The molecular weight excluding hydrogens is 1280 g/mol. The zero-order valence-corrected chi connectivity index (χ0v) is 66.0. The maximum Gasteiger partial charge on any atom is 0.472 e. The molecule has 0 aliphatic carbocycles. The van der Waals surface area contributed by atoms with Gasteiger partial charge in [0.15, 0.2) is 12.2 Å². The van der Waals surface area contributed by atoms with E-state index in [9.17, 15) is 43.2 Å². The van der Waals surface area contributed by atoms with Crippen molar-refractivity contribution in [1.29, 1.82) is 0 Å². The average molecular weight is 1440 g/mol. The number of carbonyl (C=O) groups is 4. The number of hydrogen-bond donors (Lipinski definition) is 3. The van der Waals surface area contributed by atoms with E-state index < -0.39 is 97.5 Å². The first kappa shape index (κ1) is 96.1. The maximum atomic E-state index is 13.1. The summed E-state index contributed by atoms with van der Waals surface area (Å²) in [5, 5.41) is 10.6. The van der Waals surface area contributed by atoms with Crippen molar-refractivity contribution < 1.29 is 80.2 Å². The van der Waals surface area contributed by atoms with Gasteiger partial charge in [-0.2, -0.15) is 0 Å². The van der Waals surface area contributed by atoms with Gasteiger partial charge >= 0.3 is 39.5 Å². The van der Waals surface area contributed by atoms with Gasteiger partial charge < -0.3 is 33.8 Å². The van der Waals surface area contributed by atoms with Gasteiger partial charge in [-0.3, -0.25) is 37.3 Å². The van der Waals surface area contributed by atoms with E-state index in [0.717, 1.165) is 108 Å². The molecule has 19 heteroatoms. The molecule has 0 radical (unpaired) electrons. The summed E-state index contributed by atoms with van der Waals surface area (Å²) in [4.78, 5) is 72.9. The van der Waals surface area contributed by atoms with Crippen LogP contribution in [0.3, 0.4) is 0 Å². The second kappa shape index (κ2) is 69.4. The van der Waals surface area contributed by atoms with Crippen LogP contribution in [0, 0.1) is 17.8 Å². The number of unbranched alkanes of at least 4 members (excludes halogenated alkanes) is 44. The zero-order chi connectivity index (χ0) is 72.3. The van der Waals surface area contributed by atoms with E-state index in [-0.39, 0.29) is 25.7 Å². The number of esters is 4. The van der Waals surface area contributed by atoms with Crippen LogP contribution in [0.2, 0.25) is 0 Å². The number of aliphatic hydroxyl groups excluding tert-OH is 1. The molecule has 17 nitrogen and oxygen atoms in total. The van der Waals surface area contributed by atoms with Gasteiger partial charge in [0.05, 0.1) is 26.4 Å². The standard InChI is InChI=1S/C79H154O17P2/c1-8-10-11-12-13-14-31-39-46-53-60-76(81)89-67-75(96-79(84)63-56-49-42-35-34-37-44-51-58-71(5)6)69-94-98(87,88)92-65-73(80)64-91-97(85,86)93-68-74(66-90-77(82)61-54-47-40-32-27-23-20-19-22-26-30-38-45-52-59-72(7)9-2)95-78(83)62-55-48-41-33-28-24-18-16-15-17-21-25-29-36-43-50-57-70(3)4/h70-75,80H,8-69H2,1-7H3,(H,85,86)(H,87,88)/t72?,73-,74-,75-/m1/s1. The molecule has 0 aliphatic heterocycles. The molecule has 0 amide bonds. The first-order valence-corrected chi connectivity index (χ1v) is 43.9. The number of aliphatic hydroxyl groups is 1. The first-order chi connectivity index (χ1) is 47.3. The molecule has 3 N–H and O–H groups in total. The average Bonchev–Trinajstić information content (AvgIpc) is 0.993. The molecule has 0 aliphatic rings. The van der Waals surface area contributed by atoms with Crippen molar-refractivity contribution in [2.75, 3.05) is 39.6 Å². The lowest BCUT2D eigenvalue weighted by atomic mass is 9.99. The molecule has 0 saturated heterocycles. The summed E-state index contributed by atoms with van der Waals surface area (Å²) in [5.74, 6) is 0.262. The Kier molecular flexibility index (Phi) is 68.1. The monoisotopic (exact) mass is 1440 g/mol. The summed E-state index contributed by atoms with van der Waals surface area (Å²) in [7, 11) is -9.91. The van der Waals surface area contributed by atoms with Crippen molar-refractivity contribution >= 4 is 39.5 Å². The molecule has 98 heavy (non-hydrogen) atoms. The molecule has 582 valence electrons. The summed E-state index contributed by atoms with van der Waals surface area (Å²) in [6.07, 6.45) is 56.9. The normalized spacial score (nSPS) is 14.3. The Morgan fingerprint density at radius 3 is 0.776 bits per heavy atom. The molecule has 3 unspecified atom stereocenters. The number of phosphoric acid groups is 2. The molecule has 0 saturated carbocycles. The van der Waals surface area contributed by atoms with Gasteiger partial charge in [-0.1, -0.05) is 357 Å². The van der Waals surface area contributed by atoms with Crippen LogP contribution in [0.15, 0.2) is 0 Å². The van der Waals surface area contributed by atoms with Crippen LogP contribution in [0.4, 0.5) is 0 Å². The Bertz CT molecular complexity index is 1910. The molecule has 0 aromatic carbocycles. The smallest absolute Gasteiger partial charge is 0.462 e. The zero-order valence-electron chi connectivity index (χ0n) is 64.3. The van der Waals surface area contributed by atoms with Crippen LogP contribution in [0.1, 0.15) is 408 Å². The molecule has 0 spiro atoms. The Hall–Kier alpha value is -1.94. The van der Waals surface area contributed by atoms with Crippen LogP contribution in [0.5, 0.6) is 0 Å². The quantitative estimate of drug-likeness (QED) is 0.0222. The van der Waals surface area contributed by atoms with Gasteiger partial charge in [0, 0.05) is 25.7 Å². The van der Waals surface area contributed by atoms with E-state index in [1.54, 1.807) is 0 Å². The summed E-state index contributed by atoms with van der Waals surface area (Å²) < 4.78 is 68.6. The highest BCUT2D eigenvalue weighted by molar-refractivity contribution is 7.47. The Balaban J connectivity index is 5.22. The lowest BCUT2D eigenvalue weighted by molar-refractivity contribution is -0.161. The maximum absolute atomic E-state index is 13.1. The predicted octanol–water partition coefficient (Wildman–Crippen LogP) is 23.4. The highest BCUT2D eigenvalue weighted by atomic mass is 31.2. The number of carbonyl (C=O) groups excluding carboxylic acids is 4. The van der Waals surface area contributed by atoms with Crippen molar-refractivity contribution in [3.8, 4) is 0 Å². The van der Waals surface area contributed by atoms with E-state index >= 15 is 0 Å². The first-order valence-electron chi connectivity index (χ1n) is 40.9. The molecular formula is C79H154O17P2. The van der Waals surface area contributed by atoms with Gasteiger partial charge in [-0.25, -0.2) is 9.13 Å². The summed E-state index contributed by atoms with van der Waals surface area (Å²) in [6, 6.07) is 0. The van der Waals surface area contributed by atoms with Crippen LogP contribution < -0.4 is 0 Å². The largest absolute Gasteiger partial charge is 0.472 e. The summed E-state index contributed by atoms with van der Waals surface area (Å²) in [6.45, 7) is 12.0. The molecule has 0 fully saturated rings. The summed E-state index contributed by atoms with van der Waals surface area (Å²) >= 11 is 0. The van der Waals surface area contributed by atoms with Crippen LogP contribution in [0.25, 0.3) is 0 Å². The topological polar surface area (TPSA) is 237 Å². The molecule has 0 aromatic heterocycles. The van der Waals surface area contributed by atoms with Gasteiger partial charge in [-0.15, -0.1) is 0 Å². The van der Waals surface area contributed by atoms with Crippen molar-refractivity contribution in [2.24, 2.45) is 17.8 Å². The van der Waals surface area contributed by atoms with E-state index in [2.05, 4.69) is 48.5 Å². The highest BCUT2D eigenvalue weighted by Gasteiger charge is 2.30. The lowest BCUT2D eigenvalue weighted by Gasteiger charge is -2.21. The molecule has 6 atom stereocenters. The van der Waals surface area contributed by atoms with Crippen molar-refractivity contribution in [3.05, 3.63) is 0 Å². The van der Waals surface area contributed by atoms with Crippen LogP contribution in [-0.4, -0.2) is 96.7 Å². The van der Waals surface area contributed by atoms with Crippen LogP contribution >= 0.6 is 15.6 Å². The Morgan fingerprint density at radius 2 is 0.520 bits per heavy atom. The number of rotatable bonds is 77. The molecule has 0 rings (SSSR count). The van der Waals surface area contributed by atoms with Crippen molar-refractivity contribution in [2.45, 2.75) is 426 Å². The SMILES string of the molecule is CCCCCCCCCCCCC(=O)OC[C@H](COP(=O)(O)OC[C@H](O)COP(=O)(O)OC[C@@H](COC(=O)CCCCCCCCCCCCCCCCC(C)CC)OC(=O)CCCCCCCCCCCCCCCCCCC(C)C)OC(=O)CCCCCCCCCCC(C)C. The van der Waals surface area contributed by atoms with E-state index in [1.807, 2.05) is 0 Å². The fourth-order valence-electron chi connectivity index (χ4n) is 12.1. The highest BCUT2D eigenvalue weighted by Crippen LogP contribution is 2.45. The van der Waals surface area contributed by atoms with Crippen LogP contribution in [-0.2, 0) is 65.4 Å². The Morgan fingerprint density at radius 1 is 0.296 bits per heavy atom. The number of hydrogen-bond acceptors (Lipinski definition) is 15. The molecule has 0 aromatic rings. The fourth-order valence-corrected chi connectivity index (χ4v) is 13.7. The fraction of sp³-hybridized carbons (Fsp3) is 0.949. The second-order valence-electron chi connectivity index (χ2n) is 29.6. The van der Waals surface area contributed by atoms with Gasteiger partial charge in [0.25, 0.3) is 0 Å². The molecule has 0 heterocycles. The van der Waals surface area contributed by atoms with Gasteiger partial charge in [-0.05, 0) is 43.4 Å². The lowest BCUT2D eigenvalue weighted by Crippen LogP contribution is -2.30. The number of ether oxygens (including phenoxy) is 4. The second-order valence-corrected chi connectivity index (χ2v) is 32.6.